The first-order chi connectivity index (χ1) is 11.2. The van der Waals surface area contributed by atoms with Crippen molar-refractivity contribution in [1.29, 1.82) is 0 Å². The number of hydrogen-bond acceptors (Lipinski definition) is 6. The van der Waals surface area contributed by atoms with E-state index in [4.69, 9.17) is 9.47 Å². The van der Waals surface area contributed by atoms with Crippen molar-refractivity contribution in [1.82, 2.24) is 9.78 Å². The molecule has 7 heteroatoms. The zero-order valence-electron chi connectivity index (χ0n) is 14.2. The normalized spacial score (nSPS) is 11.3. The highest BCUT2D eigenvalue weighted by atomic mass is 16.6. The van der Waals surface area contributed by atoms with Gasteiger partial charge in [0.1, 0.15) is 12.1 Å². The van der Waals surface area contributed by atoms with Crippen LogP contribution in [0, 0.1) is 0 Å². The number of fused-ring (bicyclic) bond motifs is 1. The zero-order valence-corrected chi connectivity index (χ0v) is 14.2. The number of ether oxygens (including phenoxy) is 2. The summed E-state index contributed by atoms with van der Waals surface area (Å²) in [4.78, 5) is 36.5. The molecule has 0 aliphatic heterocycles. The molecular formula is C17H20N2O5. The molecule has 7 nitrogen and oxygen atoms in total. The third-order valence-corrected chi connectivity index (χ3v) is 3.03. The Morgan fingerprint density at radius 1 is 1.21 bits per heavy atom. The van der Waals surface area contributed by atoms with Gasteiger partial charge in [-0.2, -0.15) is 5.10 Å². The number of nitrogens with zero attached hydrogens (tertiary/aromatic N) is 2. The molecule has 0 radical (unpaired) electrons. The molecule has 0 N–H and O–H groups in total. The molecule has 0 aliphatic carbocycles. The molecule has 0 saturated carbocycles. The van der Waals surface area contributed by atoms with E-state index in [1.54, 1.807) is 52.0 Å². The minimum atomic E-state index is -0.814. The number of benzene rings is 1. The fourth-order valence-corrected chi connectivity index (χ4v) is 2.19. The Morgan fingerprint density at radius 3 is 2.50 bits per heavy atom. The lowest BCUT2D eigenvalue weighted by Gasteiger charge is -2.20. The first-order valence-electron chi connectivity index (χ1n) is 7.61. The van der Waals surface area contributed by atoms with Gasteiger partial charge in [0.25, 0.3) is 0 Å². The highest BCUT2D eigenvalue weighted by Gasteiger charge is 2.21. The lowest BCUT2D eigenvalue weighted by molar-refractivity contribution is -0.155. The number of carbonyl (C=O) groups excluding carboxylic acids is 2. The van der Waals surface area contributed by atoms with Crippen LogP contribution >= 0.6 is 0 Å². The van der Waals surface area contributed by atoms with Crippen LogP contribution in [0.1, 0.15) is 38.2 Å². The van der Waals surface area contributed by atoms with Gasteiger partial charge in [-0.15, -0.1) is 0 Å². The summed E-state index contributed by atoms with van der Waals surface area (Å²) in [5.74, 6) is -1.33. The van der Waals surface area contributed by atoms with Crippen LogP contribution in [-0.4, -0.2) is 33.9 Å². The molecule has 0 aliphatic rings. The van der Waals surface area contributed by atoms with E-state index >= 15 is 0 Å². The van der Waals surface area contributed by atoms with Gasteiger partial charge in [0.05, 0.1) is 12.1 Å². The average Bonchev–Trinajstić information content (AvgIpc) is 2.48. The number of aromatic nitrogens is 2. The van der Waals surface area contributed by atoms with Gasteiger partial charge < -0.3 is 9.47 Å². The highest BCUT2D eigenvalue weighted by Crippen LogP contribution is 2.12. The molecule has 0 spiro atoms. The predicted octanol–water partition coefficient (Wildman–Crippen LogP) is 1.91. The smallest absolute Gasteiger partial charge is 0.362 e. The maximum atomic E-state index is 12.4. The monoisotopic (exact) mass is 332 g/mol. The SMILES string of the molecule is CCOC(=O)c1nn(CC(=O)OC(C)(C)C)c2ccccc2c1=O. The summed E-state index contributed by atoms with van der Waals surface area (Å²) in [7, 11) is 0. The third-order valence-electron chi connectivity index (χ3n) is 3.03. The van der Waals surface area contributed by atoms with Crippen LogP contribution < -0.4 is 5.43 Å². The molecule has 2 rings (SSSR count). The van der Waals surface area contributed by atoms with Gasteiger partial charge in [0.15, 0.2) is 0 Å². The Balaban J connectivity index is 2.52. The average molecular weight is 332 g/mol. The quantitative estimate of drug-likeness (QED) is 0.795. The number of rotatable bonds is 4. The minimum absolute atomic E-state index is 0.124. The van der Waals surface area contributed by atoms with E-state index in [-0.39, 0.29) is 18.8 Å². The maximum Gasteiger partial charge on any atom is 0.362 e. The first kappa shape index (κ1) is 17.7. The fraction of sp³-hybridized carbons (Fsp3) is 0.412. The van der Waals surface area contributed by atoms with Gasteiger partial charge in [-0.3, -0.25) is 14.3 Å². The van der Waals surface area contributed by atoms with Crippen molar-refractivity contribution in [2.75, 3.05) is 6.61 Å². The van der Waals surface area contributed by atoms with E-state index in [0.29, 0.717) is 10.9 Å². The summed E-state index contributed by atoms with van der Waals surface area (Å²) in [5.41, 5.74) is -1.07. The summed E-state index contributed by atoms with van der Waals surface area (Å²) in [6.45, 7) is 6.81. The Morgan fingerprint density at radius 2 is 1.88 bits per heavy atom. The fourth-order valence-electron chi connectivity index (χ4n) is 2.19. The van der Waals surface area contributed by atoms with Gasteiger partial charge in [0.2, 0.25) is 11.1 Å². The van der Waals surface area contributed by atoms with Gasteiger partial charge in [0, 0.05) is 5.39 Å². The Kier molecular flexibility index (Phi) is 5.02. The minimum Gasteiger partial charge on any atom is -0.461 e. The van der Waals surface area contributed by atoms with Crippen molar-refractivity contribution in [3.63, 3.8) is 0 Å². The van der Waals surface area contributed by atoms with Crippen molar-refractivity contribution in [3.05, 3.63) is 40.2 Å². The standard InChI is InChI=1S/C17H20N2O5/c1-5-23-16(22)14-15(21)11-8-6-7-9-12(11)19(18-14)10-13(20)24-17(2,3)4/h6-9H,5,10H2,1-4H3. The maximum absolute atomic E-state index is 12.4. The van der Waals surface area contributed by atoms with E-state index in [1.165, 1.54) is 4.68 Å². The molecule has 0 fully saturated rings. The lowest BCUT2D eigenvalue weighted by Crippen LogP contribution is -2.30. The molecule has 24 heavy (non-hydrogen) atoms. The molecule has 0 saturated heterocycles. The van der Waals surface area contributed by atoms with Gasteiger partial charge in [-0.05, 0) is 39.8 Å². The molecule has 0 amide bonds. The van der Waals surface area contributed by atoms with E-state index < -0.39 is 23.0 Å². The molecule has 1 heterocycles. The molecule has 2 aromatic rings. The van der Waals surface area contributed by atoms with Crippen molar-refractivity contribution in [2.24, 2.45) is 0 Å². The van der Waals surface area contributed by atoms with Crippen molar-refractivity contribution < 1.29 is 19.1 Å². The summed E-state index contributed by atoms with van der Waals surface area (Å²) in [6.07, 6.45) is 0. The topological polar surface area (TPSA) is 87.5 Å². The molecule has 0 unspecified atom stereocenters. The first-order valence-corrected chi connectivity index (χ1v) is 7.61. The largest absolute Gasteiger partial charge is 0.461 e. The van der Waals surface area contributed by atoms with Crippen molar-refractivity contribution in [3.8, 4) is 0 Å². The lowest BCUT2D eigenvalue weighted by atomic mass is 10.2. The molecule has 1 aromatic carbocycles. The Bertz CT molecular complexity index is 833. The second kappa shape index (κ2) is 6.82. The Hall–Kier alpha value is -2.70. The molecular weight excluding hydrogens is 312 g/mol. The van der Waals surface area contributed by atoms with E-state index in [9.17, 15) is 14.4 Å². The summed E-state index contributed by atoms with van der Waals surface area (Å²) < 4.78 is 11.4. The second-order valence-electron chi connectivity index (χ2n) is 6.16. The third kappa shape index (κ3) is 3.98. The van der Waals surface area contributed by atoms with Crippen LogP contribution in [0.2, 0.25) is 0 Å². The van der Waals surface area contributed by atoms with Crippen LogP contribution in [0.3, 0.4) is 0 Å². The summed E-state index contributed by atoms with van der Waals surface area (Å²) >= 11 is 0. The molecule has 0 bridgehead atoms. The number of carbonyl (C=O) groups is 2. The predicted molar refractivity (Wildman–Crippen MR) is 87.8 cm³/mol. The van der Waals surface area contributed by atoms with Gasteiger partial charge in [-0.1, -0.05) is 12.1 Å². The molecule has 128 valence electrons. The number of hydrogen-bond donors (Lipinski definition) is 0. The van der Waals surface area contributed by atoms with Gasteiger partial charge in [-0.25, -0.2) is 4.79 Å². The van der Waals surface area contributed by atoms with E-state index in [1.807, 2.05) is 0 Å². The van der Waals surface area contributed by atoms with Crippen LogP contribution in [0.25, 0.3) is 10.9 Å². The number of esters is 2. The van der Waals surface area contributed by atoms with Crippen molar-refractivity contribution in [2.45, 2.75) is 39.8 Å². The van der Waals surface area contributed by atoms with Crippen LogP contribution in [0.5, 0.6) is 0 Å². The van der Waals surface area contributed by atoms with E-state index in [2.05, 4.69) is 5.10 Å². The Labute approximate surface area is 139 Å². The molecule has 0 atom stereocenters. The van der Waals surface area contributed by atoms with Gasteiger partial charge >= 0.3 is 11.9 Å². The second-order valence-corrected chi connectivity index (χ2v) is 6.16. The zero-order chi connectivity index (χ0) is 17.9. The van der Waals surface area contributed by atoms with Crippen molar-refractivity contribution >= 4 is 22.8 Å². The summed E-state index contributed by atoms with van der Waals surface area (Å²) in [6, 6.07) is 6.63. The van der Waals surface area contributed by atoms with Crippen LogP contribution in [0.4, 0.5) is 0 Å². The highest BCUT2D eigenvalue weighted by molar-refractivity contribution is 5.91. The number of para-hydroxylation sites is 1. The van der Waals surface area contributed by atoms with Crippen LogP contribution in [0.15, 0.2) is 29.1 Å². The van der Waals surface area contributed by atoms with E-state index in [0.717, 1.165) is 0 Å². The molecule has 1 aromatic heterocycles. The van der Waals surface area contributed by atoms with Crippen LogP contribution in [-0.2, 0) is 20.8 Å². The summed E-state index contributed by atoms with van der Waals surface area (Å²) in [5, 5.41) is 4.31.